The summed E-state index contributed by atoms with van der Waals surface area (Å²) in [5.41, 5.74) is 4.98. The number of aromatic nitrogens is 1. The van der Waals surface area contributed by atoms with Gasteiger partial charge in [-0.3, -0.25) is 4.99 Å². The third-order valence-electron chi connectivity index (χ3n) is 7.94. The van der Waals surface area contributed by atoms with Crippen LogP contribution < -0.4 is 10.1 Å². The Labute approximate surface area is 247 Å². The van der Waals surface area contributed by atoms with Gasteiger partial charge in [0.25, 0.3) is 0 Å². The Morgan fingerprint density at radius 3 is 2.76 bits per heavy atom. The molecular formula is C35H36ClN3O2. The number of aliphatic hydroxyl groups is 1. The fourth-order valence-electron chi connectivity index (χ4n) is 6.00. The number of benzene rings is 3. The van der Waals surface area contributed by atoms with Crippen LogP contribution in [0.25, 0.3) is 16.5 Å². The van der Waals surface area contributed by atoms with Crippen LogP contribution in [0.15, 0.2) is 102 Å². The standard InChI is InChI=1S/C35H36ClN3O2/c1-24(9-8-17-37-2)26-14-15-32-28(20-26)22-31(34(39-32)41-3)33(27-12-7-13-29(36)21-27)35(40)16-18-38-30(23-35)19-25-10-5-4-6-11-25/h4-15,17,20-22,30,33,38,40H,2,16,18-19,23H2,1,3H3/b17-8-,24-9+. The molecule has 3 atom stereocenters. The van der Waals surface area contributed by atoms with Crippen LogP contribution in [-0.4, -0.2) is 42.1 Å². The van der Waals surface area contributed by atoms with E-state index in [0.29, 0.717) is 30.3 Å². The van der Waals surface area contributed by atoms with Crippen molar-refractivity contribution in [1.82, 2.24) is 10.3 Å². The number of nitrogens with zero attached hydrogens (tertiary/aromatic N) is 2. The highest BCUT2D eigenvalue weighted by Gasteiger charge is 2.44. The zero-order valence-corrected chi connectivity index (χ0v) is 24.3. The van der Waals surface area contributed by atoms with Crippen LogP contribution in [0.2, 0.25) is 5.02 Å². The van der Waals surface area contributed by atoms with Crippen LogP contribution in [0.3, 0.4) is 0 Å². The van der Waals surface area contributed by atoms with E-state index in [4.69, 9.17) is 21.3 Å². The molecule has 1 saturated heterocycles. The molecule has 1 fully saturated rings. The molecule has 5 rings (SSSR count). The van der Waals surface area contributed by atoms with Gasteiger partial charge >= 0.3 is 0 Å². The van der Waals surface area contributed by atoms with Gasteiger partial charge in [-0.2, -0.15) is 0 Å². The molecule has 0 spiro atoms. The molecule has 2 heterocycles. The van der Waals surface area contributed by atoms with Gasteiger partial charge in [-0.05, 0) is 98.1 Å². The van der Waals surface area contributed by atoms with E-state index < -0.39 is 11.5 Å². The summed E-state index contributed by atoms with van der Waals surface area (Å²) in [5, 5.41) is 17.8. The minimum Gasteiger partial charge on any atom is -0.481 e. The van der Waals surface area contributed by atoms with E-state index in [9.17, 15) is 5.11 Å². The maximum absolute atomic E-state index is 12.5. The maximum Gasteiger partial charge on any atom is 0.217 e. The number of allylic oxidation sites excluding steroid dienone is 3. The second-order valence-corrected chi connectivity index (χ2v) is 11.2. The summed E-state index contributed by atoms with van der Waals surface area (Å²) in [5.74, 6) is 0.115. The van der Waals surface area contributed by atoms with Crippen molar-refractivity contribution in [3.05, 3.63) is 124 Å². The summed E-state index contributed by atoms with van der Waals surface area (Å²) in [6, 6.07) is 26.6. The summed E-state index contributed by atoms with van der Waals surface area (Å²) in [6.07, 6.45) is 7.54. The summed E-state index contributed by atoms with van der Waals surface area (Å²) in [7, 11) is 1.64. The van der Waals surface area contributed by atoms with Crippen molar-refractivity contribution in [3.8, 4) is 5.88 Å². The van der Waals surface area contributed by atoms with E-state index in [0.717, 1.165) is 39.6 Å². The number of piperidine rings is 1. The second kappa shape index (κ2) is 12.8. The Morgan fingerprint density at radius 2 is 2.00 bits per heavy atom. The number of aliphatic imine (C=N–C) groups is 1. The zero-order chi connectivity index (χ0) is 28.8. The number of methoxy groups -OCH3 is 1. The lowest BCUT2D eigenvalue weighted by Gasteiger charge is -2.43. The Hall–Kier alpha value is -3.77. The molecule has 3 aromatic carbocycles. The van der Waals surface area contributed by atoms with Crippen molar-refractivity contribution < 1.29 is 9.84 Å². The quantitative estimate of drug-likeness (QED) is 0.164. The molecule has 0 radical (unpaired) electrons. The van der Waals surface area contributed by atoms with Crippen LogP contribution >= 0.6 is 11.6 Å². The van der Waals surface area contributed by atoms with Crippen LogP contribution in [-0.2, 0) is 6.42 Å². The fourth-order valence-corrected chi connectivity index (χ4v) is 6.20. The highest BCUT2D eigenvalue weighted by Crippen LogP contribution is 2.45. The van der Waals surface area contributed by atoms with Gasteiger partial charge in [0.1, 0.15) is 0 Å². The van der Waals surface area contributed by atoms with Crippen LogP contribution in [0, 0.1) is 0 Å². The van der Waals surface area contributed by atoms with Crippen molar-refractivity contribution in [2.24, 2.45) is 4.99 Å². The monoisotopic (exact) mass is 565 g/mol. The van der Waals surface area contributed by atoms with Crippen LogP contribution in [0.4, 0.5) is 0 Å². The van der Waals surface area contributed by atoms with Crippen molar-refractivity contribution >= 4 is 34.8 Å². The third-order valence-corrected chi connectivity index (χ3v) is 8.18. The predicted octanol–water partition coefficient (Wildman–Crippen LogP) is 7.37. The molecule has 0 bridgehead atoms. The van der Waals surface area contributed by atoms with Crippen LogP contribution in [0.5, 0.6) is 5.88 Å². The first kappa shape index (κ1) is 28.7. The van der Waals surface area contributed by atoms with Gasteiger partial charge in [0.2, 0.25) is 5.88 Å². The van der Waals surface area contributed by atoms with E-state index in [1.54, 1.807) is 13.3 Å². The molecule has 1 aliphatic heterocycles. The average molecular weight is 566 g/mol. The molecule has 1 aliphatic rings. The van der Waals surface area contributed by atoms with Crippen molar-refractivity contribution in [2.45, 2.75) is 43.7 Å². The molecule has 41 heavy (non-hydrogen) atoms. The molecule has 0 aliphatic carbocycles. The Morgan fingerprint density at radius 1 is 1.17 bits per heavy atom. The minimum atomic E-state index is -1.05. The molecular weight excluding hydrogens is 530 g/mol. The lowest BCUT2D eigenvalue weighted by Crippen LogP contribution is -2.52. The lowest BCUT2D eigenvalue weighted by atomic mass is 9.70. The van der Waals surface area contributed by atoms with Gasteiger partial charge in [-0.15, -0.1) is 0 Å². The first-order valence-electron chi connectivity index (χ1n) is 13.9. The molecule has 4 aromatic rings. The molecule has 3 unspecified atom stereocenters. The van der Waals surface area contributed by atoms with E-state index in [-0.39, 0.29) is 6.04 Å². The normalized spacial score (nSPS) is 20.3. The SMILES string of the molecule is C=N/C=C\C=C(/C)c1ccc2nc(OC)c(C(c3cccc(Cl)c3)C3(O)CCNC(Cc4ccccc4)C3)cc2c1. The number of halogens is 1. The number of hydrogen-bond acceptors (Lipinski definition) is 5. The molecule has 0 amide bonds. The van der Waals surface area contributed by atoms with Gasteiger partial charge in [0.15, 0.2) is 0 Å². The number of rotatable bonds is 9. The van der Waals surface area contributed by atoms with Crippen molar-refractivity contribution in [1.29, 1.82) is 0 Å². The molecule has 210 valence electrons. The summed E-state index contributed by atoms with van der Waals surface area (Å²) < 4.78 is 5.88. The first-order chi connectivity index (χ1) is 19.9. The number of pyridine rings is 1. The molecule has 2 N–H and O–H groups in total. The molecule has 0 saturated carbocycles. The van der Waals surface area contributed by atoms with Crippen LogP contribution in [0.1, 0.15) is 47.9 Å². The number of nitrogens with one attached hydrogen (secondary N) is 1. The van der Waals surface area contributed by atoms with Crippen molar-refractivity contribution in [2.75, 3.05) is 13.7 Å². The first-order valence-corrected chi connectivity index (χ1v) is 14.3. The highest BCUT2D eigenvalue weighted by molar-refractivity contribution is 6.30. The minimum absolute atomic E-state index is 0.120. The fraction of sp³-hybridized carbons (Fsp3) is 0.257. The van der Waals surface area contributed by atoms with Gasteiger partial charge in [-0.1, -0.05) is 66.2 Å². The second-order valence-electron chi connectivity index (χ2n) is 10.8. The number of ether oxygens (including phenoxy) is 1. The van der Waals surface area contributed by atoms with E-state index in [1.165, 1.54) is 5.56 Å². The average Bonchev–Trinajstić information content (AvgIpc) is 2.97. The highest BCUT2D eigenvalue weighted by atomic mass is 35.5. The maximum atomic E-state index is 12.5. The zero-order valence-electron chi connectivity index (χ0n) is 23.6. The summed E-state index contributed by atoms with van der Waals surface area (Å²) in [6.45, 7) is 6.26. The third kappa shape index (κ3) is 6.59. The largest absolute Gasteiger partial charge is 0.481 e. The molecule has 6 heteroatoms. The van der Waals surface area contributed by atoms with E-state index >= 15 is 0 Å². The smallest absolute Gasteiger partial charge is 0.217 e. The Bertz CT molecular complexity index is 1580. The van der Waals surface area contributed by atoms with Gasteiger partial charge in [0.05, 0.1) is 18.2 Å². The Kier molecular flexibility index (Phi) is 8.99. The van der Waals surface area contributed by atoms with Crippen molar-refractivity contribution in [3.63, 3.8) is 0 Å². The van der Waals surface area contributed by atoms with Gasteiger partial charge < -0.3 is 15.2 Å². The Balaban J connectivity index is 1.61. The van der Waals surface area contributed by atoms with Gasteiger partial charge in [-0.25, -0.2) is 4.98 Å². The van der Waals surface area contributed by atoms with E-state index in [2.05, 4.69) is 66.4 Å². The lowest BCUT2D eigenvalue weighted by molar-refractivity contribution is -0.0191. The summed E-state index contributed by atoms with van der Waals surface area (Å²) >= 11 is 6.51. The molecule has 5 nitrogen and oxygen atoms in total. The number of hydrogen-bond donors (Lipinski definition) is 2. The summed E-state index contributed by atoms with van der Waals surface area (Å²) in [4.78, 5) is 8.69. The predicted molar refractivity (Wildman–Crippen MR) is 170 cm³/mol. The van der Waals surface area contributed by atoms with Gasteiger partial charge in [0, 0.05) is 34.1 Å². The topological polar surface area (TPSA) is 66.7 Å². The number of fused-ring (bicyclic) bond motifs is 1. The molecule has 1 aromatic heterocycles. The van der Waals surface area contributed by atoms with E-state index in [1.807, 2.05) is 48.6 Å².